The van der Waals surface area contributed by atoms with Gasteiger partial charge < -0.3 is 0 Å². The van der Waals surface area contributed by atoms with Crippen molar-refractivity contribution < 1.29 is 16.8 Å². The zero-order chi connectivity index (χ0) is 22.6. The van der Waals surface area contributed by atoms with Crippen molar-refractivity contribution in [2.45, 2.75) is 47.8 Å². The Morgan fingerprint density at radius 2 is 1.65 bits per heavy atom. The zero-order valence-electron chi connectivity index (χ0n) is 17.7. The van der Waals surface area contributed by atoms with Gasteiger partial charge in [0, 0.05) is 24.9 Å². The van der Waals surface area contributed by atoms with Crippen molar-refractivity contribution >= 4 is 19.9 Å². The first-order valence-corrected chi connectivity index (χ1v) is 12.9. The molecule has 1 aromatic heterocycles. The fraction of sp³-hybridized carbons (Fsp3) is 0.261. The summed E-state index contributed by atoms with van der Waals surface area (Å²) >= 11 is 0. The molecule has 0 spiro atoms. The van der Waals surface area contributed by atoms with E-state index in [1.54, 1.807) is 30.5 Å². The molecule has 0 unspecified atom stereocenters. The summed E-state index contributed by atoms with van der Waals surface area (Å²) in [7, 11) is -7.77. The lowest BCUT2D eigenvalue weighted by molar-refractivity contribution is 0.578. The second-order valence-corrected chi connectivity index (χ2v) is 11.3. The number of sulfonamides is 1. The molecule has 1 heterocycles. The Labute approximate surface area is 184 Å². The first kappa shape index (κ1) is 23.1. The molecule has 0 saturated carbocycles. The Morgan fingerprint density at radius 3 is 2.29 bits per heavy atom. The number of sulfone groups is 1. The molecular formula is C23H26N2O4S2. The first-order valence-electron chi connectivity index (χ1n) is 9.96. The van der Waals surface area contributed by atoms with Gasteiger partial charge in [-0.15, -0.1) is 0 Å². The minimum Gasteiger partial charge on any atom is -0.261 e. The summed E-state index contributed by atoms with van der Waals surface area (Å²) in [5, 5.41) is 0. The minimum atomic E-state index is -3.92. The highest BCUT2D eigenvalue weighted by Crippen LogP contribution is 2.29. The molecule has 0 aliphatic rings. The maximum atomic E-state index is 13.1. The fourth-order valence-corrected chi connectivity index (χ4v) is 6.14. The lowest BCUT2D eigenvalue weighted by Gasteiger charge is -2.16. The van der Waals surface area contributed by atoms with E-state index in [4.69, 9.17) is 0 Å². The highest BCUT2D eigenvalue weighted by molar-refractivity contribution is 7.91. The number of aromatic nitrogens is 1. The van der Waals surface area contributed by atoms with E-state index in [1.165, 1.54) is 18.2 Å². The van der Waals surface area contributed by atoms with E-state index in [-0.39, 0.29) is 27.1 Å². The molecule has 8 heteroatoms. The van der Waals surface area contributed by atoms with Crippen molar-refractivity contribution in [3.8, 4) is 0 Å². The van der Waals surface area contributed by atoms with Crippen LogP contribution in [0.2, 0.25) is 0 Å². The van der Waals surface area contributed by atoms with Crippen LogP contribution in [0.3, 0.4) is 0 Å². The standard InChI is InChI=1S/C23H26N2O4S2/c1-17(2)22-11-10-21(30(26,27)20-9-6-7-18(3)15-20)16-23(22)31(28,29)25-14-12-19-8-4-5-13-24-19/h4-11,13,15-17,25H,12,14H2,1-3H3. The molecule has 6 nitrogen and oxygen atoms in total. The third kappa shape index (κ3) is 5.39. The van der Waals surface area contributed by atoms with E-state index in [9.17, 15) is 16.8 Å². The number of nitrogens with zero attached hydrogens (tertiary/aromatic N) is 1. The van der Waals surface area contributed by atoms with Gasteiger partial charge in [0.15, 0.2) is 0 Å². The molecule has 164 valence electrons. The molecule has 1 N–H and O–H groups in total. The Bertz CT molecular complexity index is 1270. The fourth-order valence-electron chi connectivity index (χ4n) is 3.25. The molecule has 3 aromatic rings. The van der Waals surface area contributed by atoms with Crippen LogP contribution >= 0.6 is 0 Å². The predicted molar refractivity (Wildman–Crippen MR) is 120 cm³/mol. The monoisotopic (exact) mass is 458 g/mol. The van der Waals surface area contributed by atoms with Gasteiger partial charge in [0.2, 0.25) is 19.9 Å². The van der Waals surface area contributed by atoms with Crippen molar-refractivity contribution in [2.75, 3.05) is 6.54 Å². The maximum absolute atomic E-state index is 13.1. The van der Waals surface area contributed by atoms with Crippen LogP contribution in [-0.2, 0) is 26.3 Å². The smallest absolute Gasteiger partial charge is 0.240 e. The second-order valence-electron chi connectivity index (χ2n) is 7.64. The van der Waals surface area contributed by atoms with Crippen molar-refractivity contribution in [1.29, 1.82) is 0 Å². The van der Waals surface area contributed by atoms with Crippen LogP contribution in [0.4, 0.5) is 0 Å². The van der Waals surface area contributed by atoms with Gasteiger partial charge in [-0.1, -0.05) is 38.1 Å². The van der Waals surface area contributed by atoms with Crippen molar-refractivity contribution in [3.05, 3.63) is 83.7 Å². The van der Waals surface area contributed by atoms with Gasteiger partial charge in [0.05, 0.1) is 14.7 Å². The van der Waals surface area contributed by atoms with Crippen LogP contribution in [0.25, 0.3) is 0 Å². The molecule has 3 rings (SSSR count). The Morgan fingerprint density at radius 1 is 0.903 bits per heavy atom. The number of hydrogen-bond donors (Lipinski definition) is 1. The lowest BCUT2D eigenvalue weighted by atomic mass is 10.0. The Hall–Kier alpha value is -2.55. The average molecular weight is 459 g/mol. The Balaban J connectivity index is 1.96. The normalized spacial score (nSPS) is 12.3. The van der Waals surface area contributed by atoms with Gasteiger partial charge in [0.1, 0.15) is 0 Å². The van der Waals surface area contributed by atoms with Crippen LogP contribution in [-0.4, -0.2) is 28.4 Å². The summed E-state index contributed by atoms with van der Waals surface area (Å²) in [6.45, 7) is 5.71. The molecule has 0 fully saturated rings. The summed E-state index contributed by atoms with van der Waals surface area (Å²) in [5.41, 5.74) is 2.14. The van der Waals surface area contributed by atoms with Crippen LogP contribution in [0.1, 0.15) is 36.6 Å². The number of pyridine rings is 1. The molecule has 0 bridgehead atoms. The summed E-state index contributed by atoms with van der Waals surface area (Å²) in [4.78, 5) is 4.26. The van der Waals surface area contributed by atoms with Crippen molar-refractivity contribution in [3.63, 3.8) is 0 Å². The van der Waals surface area contributed by atoms with E-state index in [0.717, 1.165) is 11.3 Å². The molecule has 2 aromatic carbocycles. The summed E-state index contributed by atoms with van der Waals surface area (Å²) in [6, 6.07) is 16.3. The van der Waals surface area contributed by atoms with Crippen molar-refractivity contribution in [1.82, 2.24) is 9.71 Å². The average Bonchev–Trinajstić information content (AvgIpc) is 2.74. The summed E-state index contributed by atoms with van der Waals surface area (Å²) in [6.07, 6.45) is 2.08. The molecule has 31 heavy (non-hydrogen) atoms. The van der Waals surface area contributed by atoms with E-state index in [1.807, 2.05) is 39.0 Å². The van der Waals surface area contributed by atoms with Gasteiger partial charge in [-0.3, -0.25) is 4.98 Å². The second kappa shape index (κ2) is 9.30. The predicted octanol–water partition coefficient (Wildman–Crippen LogP) is 3.87. The maximum Gasteiger partial charge on any atom is 0.240 e. The molecule has 0 amide bonds. The van der Waals surface area contributed by atoms with Gasteiger partial charge in [0.25, 0.3) is 0 Å². The van der Waals surface area contributed by atoms with Gasteiger partial charge in [-0.05, 0) is 60.4 Å². The van der Waals surface area contributed by atoms with E-state index >= 15 is 0 Å². The third-order valence-corrected chi connectivity index (χ3v) is 8.17. The number of hydrogen-bond acceptors (Lipinski definition) is 5. The van der Waals surface area contributed by atoms with Crippen LogP contribution in [0.5, 0.6) is 0 Å². The summed E-state index contributed by atoms with van der Waals surface area (Å²) < 4.78 is 55.0. The van der Waals surface area contributed by atoms with E-state index < -0.39 is 19.9 Å². The number of benzene rings is 2. The quantitative estimate of drug-likeness (QED) is 0.553. The van der Waals surface area contributed by atoms with E-state index in [0.29, 0.717) is 12.0 Å². The van der Waals surface area contributed by atoms with Gasteiger partial charge in [-0.25, -0.2) is 21.6 Å². The molecular weight excluding hydrogens is 432 g/mol. The van der Waals surface area contributed by atoms with Gasteiger partial charge >= 0.3 is 0 Å². The van der Waals surface area contributed by atoms with Crippen LogP contribution < -0.4 is 4.72 Å². The zero-order valence-corrected chi connectivity index (χ0v) is 19.4. The Kier molecular flexibility index (Phi) is 6.93. The minimum absolute atomic E-state index is 0.0164. The molecule has 0 saturated heterocycles. The molecule has 0 aliphatic carbocycles. The molecule has 0 aliphatic heterocycles. The van der Waals surface area contributed by atoms with Crippen LogP contribution in [0, 0.1) is 6.92 Å². The van der Waals surface area contributed by atoms with Crippen LogP contribution in [0.15, 0.2) is 81.5 Å². The number of aryl methyl sites for hydroxylation is 1. The molecule has 0 atom stereocenters. The first-order chi connectivity index (χ1) is 14.6. The largest absolute Gasteiger partial charge is 0.261 e. The molecule has 0 radical (unpaired) electrons. The number of nitrogens with one attached hydrogen (secondary N) is 1. The van der Waals surface area contributed by atoms with E-state index in [2.05, 4.69) is 9.71 Å². The van der Waals surface area contributed by atoms with Gasteiger partial charge in [-0.2, -0.15) is 0 Å². The number of rotatable bonds is 8. The van der Waals surface area contributed by atoms with Crippen molar-refractivity contribution in [2.24, 2.45) is 0 Å². The SMILES string of the molecule is Cc1cccc(S(=O)(=O)c2ccc(C(C)C)c(S(=O)(=O)NCCc3ccccn3)c2)c1. The third-order valence-electron chi connectivity index (χ3n) is 4.91. The highest BCUT2D eigenvalue weighted by atomic mass is 32.2. The topological polar surface area (TPSA) is 93.2 Å². The lowest BCUT2D eigenvalue weighted by Crippen LogP contribution is -2.27. The highest BCUT2D eigenvalue weighted by Gasteiger charge is 2.25. The summed E-state index contributed by atoms with van der Waals surface area (Å²) in [5.74, 6) is -0.0990.